The van der Waals surface area contributed by atoms with E-state index in [0.717, 1.165) is 5.56 Å². The van der Waals surface area contributed by atoms with Crippen LogP contribution >= 0.6 is 35.0 Å². The predicted octanol–water partition coefficient (Wildman–Crippen LogP) is 3.84. The predicted molar refractivity (Wildman–Crippen MR) is 115 cm³/mol. The zero-order valence-corrected chi connectivity index (χ0v) is 17.7. The molecule has 2 saturated heterocycles. The number of amidine groups is 1. The maximum Gasteiger partial charge on any atom is 0.252 e. The lowest BCUT2D eigenvalue weighted by Crippen LogP contribution is -2.38. The number of carbonyl (C=O) groups excluding carboxylic acids is 1. The molecule has 1 amide bonds. The molecular weight excluding hydrogens is 439 g/mol. The molecule has 2 fully saturated rings. The van der Waals surface area contributed by atoms with Crippen LogP contribution in [0, 0.1) is 0 Å². The second-order valence-corrected chi connectivity index (χ2v) is 10.9. The summed E-state index contributed by atoms with van der Waals surface area (Å²) in [7, 11) is -3.12. The summed E-state index contributed by atoms with van der Waals surface area (Å²) in [6.45, 7) is 0. The van der Waals surface area contributed by atoms with Gasteiger partial charge in [0.2, 0.25) is 0 Å². The molecule has 0 spiro atoms. The molecule has 0 bridgehead atoms. The lowest BCUT2D eigenvalue weighted by molar-refractivity contribution is -0.117. The monoisotopic (exact) mass is 454 g/mol. The van der Waals surface area contributed by atoms with Gasteiger partial charge in [0.25, 0.3) is 5.91 Å². The van der Waals surface area contributed by atoms with Crippen molar-refractivity contribution in [2.45, 2.75) is 17.7 Å². The number of para-hydroxylation sites is 1. The van der Waals surface area contributed by atoms with Crippen molar-refractivity contribution in [2.24, 2.45) is 4.99 Å². The quantitative estimate of drug-likeness (QED) is 0.704. The maximum atomic E-state index is 12.6. The van der Waals surface area contributed by atoms with E-state index < -0.39 is 9.84 Å². The molecule has 2 heterocycles. The Balaban J connectivity index is 1.65. The molecule has 2 aliphatic rings. The average molecular weight is 455 g/mol. The van der Waals surface area contributed by atoms with E-state index in [4.69, 9.17) is 23.2 Å². The number of thioether (sulfide) groups is 1. The van der Waals surface area contributed by atoms with Crippen molar-refractivity contribution >= 4 is 61.6 Å². The molecular formula is C19H16Cl2N2O3S2. The summed E-state index contributed by atoms with van der Waals surface area (Å²) in [5, 5.41) is 1.43. The molecule has 28 heavy (non-hydrogen) atoms. The summed E-state index contributed by atoms with van der Waals surface area (Å²) >= 11 is 13.6. The van der Waals surface area contributed by atoms with E-state index in [2.05, 4.69) is 4.99 Å². The van der Waals surface area contributed by atoms with Crippen LogP contribution in [0.2, 0.25) is 10.0 Å². The molecule has 9 heteroatoms. The minimum atomic E-state index is -3.12. The van der Waals surface area contributed by atoms with Gasteiger partial charge in [0.05, 0.1) is 34.7 Å². The molecule has 2 aliphatic heterocycles. The Kier molecular flexibility index (Phi) is 5.44. The van der Waals surface area contributed by atoms with Crippen molar-refractivity contribution in [3.05, 3.63) is 64.1 Å². The van der Waals surface area contributed by atoms with E-state index in [1.165, 1.54) is 11.8 Å². The number of sulfone groups is 1. The second-order valence-electron chi connectivity index (χ2n) is 6.71. The van der Waals surface area contributed by atoms with E-state index in [1.54, 1.807) is 36.4 Å². The smallest absolute Gasteiger partial charge is 0.252 e. The van der Waals surface area contributed by atoms with E-state index in [-0.39, 0.29) is 35.1 Å². The Morgan fingerprint density at radius 2 is 1.82 bits per heavy atom. The molecule has 0 aromatic heterocycles. The average Bonchev–Trinajstić information content (AvgIpc) is 3.08. The lowest BCUT2D eigenvalue weighted by Gasteiger charge is -2.25. The van der Waals surface area contributed by atoms with Crippen molar-refractivity contribution in [1.82, 2.24) is 0 Å². The highest BCUT2D eigenvalue weighted by Crippen LogP contribution is 2.42. The van der Waals surface area contributed by atoms with Crippen LogP contribution in [0.5, 0.6) is 0 Å². The molecule has 0 aliphatic carbocycles. The zero-order valence-electron chi connectivity index (χ0n) is 14.6. The molecule has 4 rings (SSSR count). The van der Waals surface area contributed by atoms with E-state index in [1.807, 2.05) is 17.0 Å². The van der Waals surface area contributed by atoms with Gasteiger partial charge < -0.3 is 4.90 Å². The van der Waals surface area contributed by atoms with Gasteiger partial charge in [0, 0.05) is 10.3 Å². The molecule has 0 radical (unpaired) electrons. The number of carbonyl (C=O) groups is 1. The Morgan fingerprint density at radius 1 is 1.11 bits per heavy atom. The molecule has 2 atom stereocenters. The number of fused-ring (bicyclic) bond motifs is 1. The number of anilines is 1. The number of nitrogens with zero attached hydrogens (tertiary/aromatic N) is 2. The fraction of sp³-hybridized carbons (Fsp3) is 0.263. The van der Waals surface area contributed by atoms with Gasteiger partial charge in [-0.2, -0.15) is 4.99 Å². The topological polar surface area (TPSA) is 66.8 Å². The summed E-state index contributed by atoms with van der Waals surface area (Å²) in [6.07, 6.45) is 0.144. The van der Waals surface area contributed by atoms with E-state index >= 15 is 0 Å². The molecule has 2 aromatic rings. The fourth-order valence-electron chi connectivity index (χ4n) is 3.42. The van der Waals surface area contributed by atoms with E-state index in [0.29, 0.717) is 20.9 Å². The van der Waals surface area contributed by atoms with Crippen LogP contribution < -0.4 is 4.90 Å². The Labute approximate surface area is 177 Å². The van der Waals surface area contributed by atoms with Crippen LogP contribution in [0.15, 0.2) is 53.5 Å². The van der Waals surface area contributed by atoms with Gasteiger partial charge in [-0.15, -0.1) is 0 Å². The van der Waals surface area contributed by atoms with Crippen LogP contribution in [0.3, 0.4) is 0 Å². The number of halogens is 2. The minimum Gasteiger partial charge on any atom is -0.314 e. The number of aliphatic imine (C=N–C) groups is 1. The van der Waals surface area contributed by atoms with Gasteiger partial charge in [-0.3, -0.25) is 4.79 Å². The summed E-state index contributed by atoms with van der Waals surface area (Å²) in [6, 6.07) is 13.9. The third-order valence-corrected chi connectivity index (χ3v) is 8.45. The largest absolute Gasteiger partial charge is 0.314 e. The summed E-state index contributed by atoms with van der Waals surface area (Å²) < 4.78 is 24.2. The first kappa shape index (κ1) is 19.8. The molecule has 146 valence electrons. The highest BCUT2D eigenvalue weighted by molar-refractivity contribution is 8.16. The van der Waals surface area contributed by atoms with Crippen LogP contribution in [-0.4, -0.2) is 42.3 Å². The molecule has 0 N–H and O–H groups in total. The van der Waals surface area contributed by atoms with Gasteiger partial charge in [0.15, 0.2) is 15.0 Å². The second kappa shape index (κ2) is 7.71. The molecule has 2 aromatic carbocycles. The van der Waals surface area contributed by atoms with Gasteiger partial charge in [-0.05, 0) is 29.8 Å². The number of benzene rings is 2. The zero-order chi connectivity index (χ0) is 19.9. The highest BCUT2D eigenvalue weighted by atomic mass is 35.5. The minimum absolute atomic E-state index is 0.0281. The van der Waals surface area contributed by atoms with E-state index in [9.17, 15) is 13.2 Å². The number of hydrogen-bond acceptors (Lipinski definition) is 4. The Hall–Kier alpha value is -1.54. The SMILES string of the molecule is O=C(Cc1ccc(Cl)cc1)N=C1S[C@H]2CS(=O)(=O)C[C@H]2N1c1ccccc1Cl. The fourth-order valence-corrected chi connectivity index (χ4v) is 7.69. The van der Waals surface area contributed by atoms with Crippen molar-refractivity contribution in [3.8, 4) is 0 Å². The Bertz CT molecular complexity index is 1060. The highest BCUT2D eigenvalue weighted by Gasteiger charge is 2.49. The maximum absolute atomic E-state index is 12.6. The van der Waals surface area contributed by atoms with Crippen molar-refractivity contribution in [3.63, 3.8) is 0 Å². The molecule has 0 unspecified atom stereocenters. The van der Waals surface area contributed by atoms with Gasteiger partial charge in [0.1, 0.15) is 0 Å². The van der Waals surface area contributed by atoms with Crippen LogP contribution in [-0.2, 0) is 21.1 Å². The number of hydrogen-bond donors (Lipinski definition) is 0. The summed E-state index contributed by atoms with van der Waals surface area (Å²) in [5.74, 6) is -0.196. The van der Waals surface area contributed by atoms with Crippen molar-refractivity contribution in [2.75, 3.05) is 16.4 Å². The van der Waals surface area contributed by atoms with Crippen molar-refractivity contribution in [1.29, 1.82) is 0 Å². The third-order valence-electron chi connectivity index (χ3n) is 4.67. The van der Waals surface area contributed by atoms with Gasteiger partial charge >= 0.3 is 0 Å². The number of rotatable bonds is 3. The van der Waals surface area contributed by atoms with Crippen LogP contribution in [0.25, 0.3) is 0 Å². The van der Waals surface area contributed by atoms with Crippen molar-refractivity contribution < 1.29 is 13.2 Å². The molecule has 5 nitrogen and oxygen atoms in total. The number of amides is 1. The Morgan fingerprint density at radius 3 is 2.54 bits per heavy atom. The standard InChI is InChI=1S/C19H16Cl2N2O3S2/c20-13-7-5-12(6-8-13)9-18(24)22-19-23(15-4-2-1-3-14(15)21)16-10-28(25,26)11-17(16)27-19/h1-8,16-17H,9-11H2/t16-,17+/m1/s1. The summed E-state index contributed by atoms with van der Waals surface area (Å²) in [5.41, 5.74) is 1.48. The van der Waals surface area contributed by atoms with Gasteiger partial charge in [-0.1, -0.05) is 59.2 Å². The first-order valence-electron chi connectivity index (χ1n) is 8.59. The normalized spacial score (nSPS) is 24.5. The van der Waals surface area contributed by atoms with Crippen LogP contribution in [0.1, 0.15) is 5.56 Å². The molecule has 0 saturated carbocycles. The summed E-state index contributed by atoms with van der Waals surface area (Å²) in [4.78, 5) is 18.7. The lowest BCUT2D eigenvalue weighted by atomic mass is 10.1. The third kappa shape index (κ3) is 4.08. The van der Waals surface area contributed by atoms with Gasteiger partial charge in [-0.25, -0.2) is 8.42 Å². The van der Waals surface area contributed by atoms with Crippen LogP contribution in [0.4, 0.5) is 5.69 Å². The first-order chi connectivity index (χ1) is 13.3. The first-order valence-corrected chi connectivity index (χ1v) is 12.0.